The van der Waals surface area contributed by atoms with Crippen LogP contribution in [0.2, 0.25) is 0 Å². The predicted octanol–water partition coefficient (Wildman–Crippen LogP) is 1.21. The van der Waals surface area contributed by atoms with Gasteiger partial charge in [0, 0.05) is 23.5 Å². The number of halogens is 1. The van der Waals surface area contributed by atoms with Crippen molar-refractivity contribution >= 4 is 26.6 Å². The summed E-state index contributed by atoms with van der Waals surface area (Å²) < 4.78 is 43.6. The molecular weight excluding hydrogens is 317 g/mol. The molecule has 0 spiro atoms. The van der Waals surface area contributed by atoms with Crippen LogP contribution in [-0.2, 0) is 10.0 Å². The monoisotopic (exact) mass is 327 g/mol. The summed E-state index contributed by atoms with van der Waals surface area (Å²) in [6.07, 6.45) is 1.44. The third-order valence-electron chi connectivity index (χ3n) is 2.29. The van der Waals surface area contributed by atoms with Crippen molar-refractivity contribution in [3.63, 3.8) is 0 Å². The molecule has 1 aromatic heterocycles. The first-order chi connectivity index (χ1) is 10.0. The van der Waals surface area contributed by atoms with Crippen molar-refractivity contribution in [3.05, 3.63) is 35.8 Å². The lowest BCUT2D eigenvalue weighted by atomic mass is 10.2. The normalized spacial score (nSPS) is 10.8. The number of aliphatic hydroxyl groups excluding tert-OH is 1. The highest BCUT2D eigenvalue weighted by atomic mass is 32.2. The van der Waals surface area contributed by atoms with Gasteiger partial charge in [-0.25, -0.2) is 12.8 Å². The van der Waals surface area contributed by atoms with Gasteiger partial charge in [0.25, 0.3) is 10.0 Å². The van der Waals surface area contributed by atoms with E-state index in [1.165, 1.54) is 6.20 Å². The van der Waals surface area contributed by atoms with E-state index in [2.05, 4.69) is 26.1 Å². The molecule has 21 heavy (non-hydrogen) atoms. The number of hydrogen-bond donors (Lipinski definition) is 2. The van der Waals surface area contributed by atoms with Crippen molar-refractivity contribution in [2.24, 2.45) is 0 Å². The quantitative estimate of drug-likeness (QED) is 0.824. The Kier molecular flexibility index (Phi) is 4.85. The zero-order valence-corrected chi connectivity index (χ0v) is 12.2. The molecule has 6 nitrogen and oxygen atoms in total. The van der Waals surface area contributed by atoms with Crippen molar-refractivity contribution in [1.29, 1.82) is 0 Å². The first-order valence-electron chi connectivity index (χ1n) is 5.72. The number of sulfonamides is 1. The standard InChI is InChI=1S/C12H10FN3O3S2/c13-10-4-5-11(9(7-10)3-1-2-6-17)21(18,19)15-12-8-14-16-20-12/h4-5,7-8,15,17H,2,6H2. The van der Waals surface area contributed by atoms with E-state index >= 15 is 0 Å². The Bertz CT molecular complexity index is 780. The zero-order chi connectivity index (χ0) is 15.3. The highest BCUT2D eigenvalue weighted by Crippen LogP contribution is 2.21. The van der Waals surface area contributed by atoms with E-state index in [9.17, 15) is 12.8 Å². The first-order valence-corrected chi connectivity index (χ1v) is 7.98. The van der Waals surface area contributed by atoms with E-state index in [-0.39, 0.29) is 28.5 Å². The average molecular weight is 327 g/mol. The SMILES string of the molecule is O=S(=O)(Nc1cnns1)c1ccc(F)cc1C#CCCO. The number of benzene rings is 1. The van der Waals surface area contributed by atoms with E-state index < -0.39 is 15.8 Å². The minimum Gasteiger partial charge on any atom is -0.395 e. The largest absolute Gasteiger partial charge is 0.395 e. The van der Waals surface area contributed by atoms with Crippen LogP contribution in [0.25, 0.3) is 0 Å². The van der Waals surface area contributed by atoms with Crippen molar-refractivity contribution in [2.75, 3.05) is 11.3 Å². The highest BCUT2D eigenvalue weighted by molar-refractivity contribution is 7.93. The molecule has 0 amide bonds. The van der Waals surface area contributed by atoms with Gasteiger partial charge in [-0.3, -0.25) is 4.72 Å². The molecule has 2 aromatic rings. The summed E-state index contributed by atoms with van der Waals surface area (Å²) in [6.45, 7) is -0.158. The van der Waals surface area contributed by atoms with Gasteiger partial charge >= 0.3 is 0 Å². The molecule has 2 N–H and O–H groups in total. The minimum absolute atomic E-state index is 0.0217. The number of nitrogens with one attached hydrogen (secondary N) is 1. The second-order valence-electron chi connectivity index (χ2n) is 3.80. The van der Waals surface area contributed by atoms with E-state index in [0.717, 1.165) is 29.7 Å². The van der Waals surface area contributed by atoms with E-state index in [1.807, 2.05) is 0 Å². The third-order valence-corrected chi connectivity index (χ3v) is 4.42. The Morgan fingerprint density at radius 2 is 2.24 bits per heavy atom. The Labute approximate surface area is 124 Å². The molecule has 0 aliphatic carbocycles. The van der Waals surface area contributed by atoms with Gasteiger partial charge in [0.05, 0.1) is 12.8 Å². The number of rotatable bonds is 4. The number of anilines is 1. The van der Waals surface area contributed by atoms with Crippen LogP contribution in [0.1, 0.15) is 12.0 Å². The average Bonchev–Trinajstić information content (AvgIpc) is 2.91. The summed E-state index contributed by atoms with van der Waals surface area (Å²) in [4.78, 5) is -0.150. The van der Waals surface area contributed by atoms with Crippen molar-refractivity contribution in [2.45, 2.75) is 11.3 Å². The molecule has 110 valence electrons. The van der Waals surface area contributed by atoms with Gasteiger partial charge in [-0.15, -0.1) is 5.10 Å². The van der Waals surface area contributed by atoms with Gasteiger partial charge in [-0.1, -0.05) is 16.3 Å². The lowest BCUT2D eigenvalue weighted by molar-refractivity contribution is 0.305. The van der Waals surface area contributed by atoms with Gasteiger partial charge in [0.15, 0.2) is 0 Å². The molecule has 0 bridgehead atoms. The Morgan fingerprint density at radius 3 is 2.90 bits per heavy atom. The number of aliphatic hydroxyl groups is 1. The van der Waals surface area contributed by atoms with Crippen LogP contribution >= 0.6 is 11.5 Å². The van der Waals surface area contributed by atoms with Crippen molar-refractivity contribution in [3.8, 4) is 11.8 Å². The van der Waals surface area contributed by atoms with Crippen LogP contribution in [0.4, 0.5) is 9.39 Å². The van der Waals surface area contributed by atoms with E-state index in [0.29, 0.717) is 0 Å². The molecule has 1 heterocycles. The van der Waals surface area contributed by atoms with Crippen LogP contribution in [-0.4, -0.2) is 29.7 Å². The molecule has 0 aliphatic heterocycles. The topological polar surface area (TPSA) is 92.2 Å². The third kappa shape index (κ3) is 3.98. The molecule has 0 aliphatic rings. The summed E-state index contributed by atoms with van der Waals surface area (Å²) in [5.74, 6) is 4.52. The number of hydrogen-bond acceptors (Lipinski definition) is 6. The van der Waals surface area contributed by atoms with Crippen LogP contribution in [0.3, 0.4) is 0 Å². The van der Waals surface area contributed by atoms with Gasteiger partial charge < -0.3 is 5.11 Å². The van der Waals surface area contributed by atoms with Crippen LogP contribution in [0.15, 0.2) is 29.3 Å². The molecular formula is C12H10FN3O3S2. The van der Waals surface area contributed by atoms with Crippen molar-refractivity contribution < 1.29 is 17.9 Å². The Hall–Kier alpha value is -2.02. The van der Waals surface area contributed by atoms with Gasteiger partial charge in [-0.2, -0.15) is 0 Å². The summed E-state index contributed by atoms with van der Waals surface area (Å²) in [5, 5.41) is 12.4. The minimum atomic E-state index is -3.92. The molecule has 0 saturated carbocycles. The zero-order valence-electron chi connectivity index (χ0n) is 10.6. The fourth-order valence-corrected chi connectivity index (χ4v) is 3.28. The predicted molar refractivity (Wildman–Crippen MR) is 75.7 cm³/mol. The fraction of sp³-hybridized carbons (Fsp3) is 0.167. The van der Waals surface area contributed by atoms with Crippen molar-refractivity contribution in [1.82, 2.24) is 9.59 Å². The maximum atomic E-state index is 13.3. The molecule has 0 saturated heterocycles. The lowest BCUT2D eigenvalue weighted by Crippen LogP contribution is -2.13. The molecule has 0 atom stereocenters. The number of aromatic nitrogens is 2. The second-order valence-corrected chi connectivity index (χ2v) is 6.24. The molecule has 2 rings (SSSR count). The molecule has 1 aromatic carbocycles. The molecule has 0 unspecified atom stereocenters. The lowest BCUT2D eigenvalue weighted by Gasteiger charge is -2.07. The maximum absolute atomic E-state index is 13.3. The Balaban J connectivity index is 2.41. The van der Waals surface area contributed by atoms with Gasteiger partial charge in [-0.05, 0) is 18.2 Å². The van der Waals surface area contributed by atoms with E-state index in [4.69, 9.17) is 5.11 Å². The highest BCUT2D eigenvalue weighted by Gasteiger charge is 2.19. The molecule has 9 heteroatoms. The molecule has 0 fully saturated rings. The fourth-order valence-electron chi connectivity index (χ4n) is 1.45. The van der Waals surface area contributed by atoms with Crippen LogP contribution < -0.4 is 4.72 Å². The summed E-state index contributed by atoms with van der Waals surface area (Å²) in [6, 6.07) is 3.20. The second kappa shape index (κ2) is 6.62. The summed E-state index contributed by atoms with van der Waals surface area (Å²) >= 11 is 0.880. The van der Waals surface area contributed by atoms with Crippen LogP contribution in [0, 0.1) is 17.7 Å². The Morgan fingerprint density at radius 1 is 1.43 bits per heavy atom. The molecule has 0 radical (unpaired) electrons. The first kappa shape index (κ1) is 15.4. The summed E-state index contributed by atoms with van der Waals surface area (Å²) in [7, 11) is -3.92. The van der Waals surface area contributed by atoms with Crippen LogP contribution in [0.5, 0.6) is 0 Å². The van der Waals surface area contributed by atoms with E-state index in [1.54, 1.807) is 0 Å². The van der Waals surface area contributed by atoms with Gasteiger partial charge in [0.1, 0.15) is 15.7 Å². The van der Waals surface area contributed by atoms with Gasteiger partial charge in [0.2, 0.25) is 0 Å². The maximum Gasteiger partial charge on any atom is 0.263 e. The smallest absolute Gasteiger partial charge is 0.263 e. The summed E-state index contributed by atoms with van der Waals surface area (Å²) in [5.41, 5.74) is 0.0217. The number of nitrogens with zero attached hydrogens (tertiary/aromatic N) is 2.